The minimum absolute atomic E-state index is 0.0964. The zero-order valence-corrected chi connectivity index (χ0v) is 16.9. The van der Waals surface area contributed by atoms with Crippen LogP contribution in [0.15, 0.2) is 0 Å². The fraction of sp³-hybridized carbons (Fsp3) is 1.00. The summed E-state index contributed by atoms with van der Waals surface area (Å²) in [5.41, 5.74) is 0. The molecule has 0 N–H and O–H groups in total. The molecule has 134 valence electrons. The molecule has 0 aliphatic heterocycles. The normalized spacial score (nSPS) is 13.5. The third-order valence-electron chi connectivity index (χ3n) is 3.98. The van der Waals surface area contributed by atoms with Crippen LogP contribution in [0.1, 0.15) is 46.5 Å². The van der Waals surface area contributed by atoms with E-state index in [1.807, 2.05) is 0 Å². The highest BCUT2D eigenvalue weighted by Gasteiger charge is 2.36. The summed E-state index contributed by atoms with van der Waals surface area (Å²) in [6.45, 7) is 13.2. The van der Waals surface area contributed by atoms with E-state index in [1.54, 1.807) is 0 Å². The van der Waals surface area contributed by atoms with Gasteiger partial charge < -0.3 is 9.16 Å². The van der Waals surface area contributed by atoms with Crippen LogP contribution in [0.25, 0.3) is 0 Å². The molecule has 0 aliphatic carbocycles. The molecule has 0 bridgehead atoms. The molecule has 0 saturated heterocycles. The molecule has 0 saturated carbocycles. The van der Waals surface area contributed by atoms with Crippen LogP contribution in [0.3, 0.4) is 0 Å². The molecule has 0 amide bonds. The lowest BCUT2D eigenvalue weighted by molar-refractivity contribution is 0.0991. The predicted octanol–water partition coefficient (Wildman–Crippen LogP) is 3.56. The molecule has 0 aromatic carbocycles. The first-order chi connectivity index (χ1) is 9.96. The van der Waals surface area contributed by atoms with Crippen molar-refractivity contribution in [1.82, 2.24) is 0 Å². The molecule has 0 unspecified atom stereocenters. The Morgan fingerprint density at radius 1 is 0.864 bits per heavy atom. The van der Waals surface area contributed by atoms with Crippen LogP contribution in [0.5, 0.6) is 0 Å². The maximum absolute atomic E-state index is 10.7. The van der Waals surface area contributed by atoms with E-state index < -0.39 is 18.4 Å². The molecule has 0 aromatic heterocycles. The van der Waals surface area contributed by atoms with Gasteiger partial charge in [-0.3, -0.25) is 4.18 Å². The first-order valence-corrected chi connectivity index (χ1v) is 12.7. The van der Waals surface area contributed by atoms with Gasteiger partial charge in [-0.15, -0.1) is 0 Å². The second kappa shape index (κ2) is 10.0. The van der Waals surface area contributed by atoms with Crippen LogP contribution in [0.4, 0.5) is 0 Å². The van der Waals surface area contributed by atoms with Crippen LogP contribution in [-0.4, -0.2) is 49.4 Å². The third kappa shape index (κ3) is 11.6. The molecule has 0 heterocycles. The van der Waals surface area contributed by atoms with E-state index in [2.05, 4.69) is 38.0 Å². The largest absolute Gasteiger partial charge is 0.417 e. The molecule has 0 radical (unpaired) electrons. The van der Waals surface area contributed by atoms with Gasteiger partial charge in [0, 0.05) is 13.2 Å². The Balaban J connectivity index is 3.42. The standard InChI is InChI=1S/C15H34O5SSi/c1-15(2,3)22(5,6)20-12-10-8-7-9-11-18-13-14-19-21(4,16)17/h7-14H2,1-6H3. The lowest BCUT2D eigenvalue weighted by atomic mass is 10.2. The molecule has 7 heteroatoms. The number of hydrogen-bond donors (Lipinski definition) is 0. The van der Waals surface area contributed by atoms with Crippen molar-refractivity contribution in [2.45, 2.75) is 64.6 Å². The van der Waals surface area contributed by atoms with Gasteiger partial charge in [0.25, 0.3) is 10.1 Å². The van der Waals surface area contributed by atoms with E-state index >= 15 is 0 Å². The minimum Gasteiger partial charge on any atom is -0.417 e. The average molecular weight is 355 g/mol. The summed E-state index contributed by atoms with van der Waals surface area (Å²) in [6.07, 6.45) is 5.35. The first-order valence-electron chi connectivity index (χ1n) is 8.02. The van der Waals surface area contributed by atoms with Crippen molar-refractivity contribution in [2.24, 2.45) is 0 Å². The second-order valence-electron chi connectivity index (χ2n) is 7.16. The fourth-order valence-electron chi connectivity index (χ4n) is 1.55. The van der Waals surface area contributed by atoms with Crippen LogP contribution in [-0.2, 0) is 23.5 Å². The molecule has 22 heavy (non-hydrogen) atoms. The van der Waals surface area contributed by atoms with Gasteiger partial charge in [0.15, 0.2) is 8.32 Å². The quantitative estimate of drug-likeness (QED) is 0.305. The molecule has 0 fully saturated rings. The Hall–Kier alpha value is 0.0469. The van der Waals surface area contributed by atoms with Crippen LogP contribution in [0, 0.1) is 0 Å². The van der Waals surface area contributed by atoms with Crippen molar-refractivity contribution in [1.29, 1.82) is 0 Å². The predicted molar refractivity (Wildman–Crippen MR) is 93.2 cm³/mol. The zero-order chi connectivity index (χ0) is 17.3. The number of hydrogen-bond acceptors (Lipinski definition) is 5. The average Bonchev–Trinajstić information content (AvgIpc) is 2.33. The van der Waals surface area contributed by atoms with Gasteiger partial charge in [-0.2, -0.15) is 8.42 Å². The molecule has 0 atom stereocenters. The Bertz CT molecular complexity index is 387. The second-order valence-corrected chi connectivity index (χ2v) is 13.6. The van der Waals surface area contributed by atoms with E-state index in [9.17, 15) is 8.42 Å². The number of unbranched alkanes of at least 4 members (excludes halogenated alkanes) is 3. The molecule has 5 nitrogen and oxygen atoms in total. The minimum atomic E-state index is -3.35. The van der Waals surface area contributed by atoms with Gasteiger partial charge in [0.1, 0.15) is 0 Å². The fourth-order valence-corrected chi connectivity index (χ4v) is 3.01. The van der Waals surface area contributed by atoms with Gasteiger partial charge in [-0.25, -0.2) is 0 Å². The summed E-state index contributed by atoms with van der Waals surface area (Å²) in [6, 6.07) is 0. The van der Waals surface area contributed by atoms with E-state index in [-0.39, 0.29) is 11.6 Å². The maximum atomic E-state index is 10.7. The summed E-state index contributed by atoms with van der Waals surface area (Å²) < 4.78 is 37.4. The van der Waals surface area contributed by atoms with Crippen LogP contribution < -0.4 is 0 Å². The summed E-state index contributed by atoms with van der Waals surface area (Å²) >= 11 is 0. The molecule has 0 aromatic rings. The Morgan fingerprint density at radius 2 is 1.41 bits per heavy atom. The topological polar surface area (TPSA) is 61.8 Å². The van der Waals surface area contributed by atoms with E-state index in [0.717, 1.165) is 38.5 Å². The van der Waals surface area contributed by atoms with E-state index in [1.165, 1.54) is 0 Å². The van der Waals surface area contributed by atoms with Crippen LogP contribution >= 0.6 is 0 Å². The summed E-state index contributed by atoms with van der Waals surface area (Å²) in [7, 11) is -4.94. The number of rotatable bonds is 12. The highest BCUT2D eigenvalue weighted by atomic mass is 32.2. The summed E-state index contributed by atoms with van der Waals surface area (Å²) in [4.78, 5) is 0. The van der Waals surface area contributed by atoms with E-state index in [0.29, 0.717) is 13.2 Å². The van der Waals surface area contributed by atoms with Gasteiger partial charge >= 0.3 is 0 Å². The van der Waals surface area contributed by atoms with Crippen molar-refractivity contribution in [3.8, 4) is 0 Å². The SMILES string of the molecule is CC(C)(C)[Si](C)(C)OCCCCCCOCCOS(C)(=O)=O. The summed E-state index contributed by atoms with van der Waals surface area (Å²) in [5.74, 6) is 0. The molecule has 0 spiro atoms. The van der Waals surface area contributed by atoms with Crippen molar-refractivity contribution in [2.75, 3.05) is 32.7 Å². The Morgan fingerprint density at radius 3 is 1.91 bits per heavy atom. The van der Waals surface area contributed by atoms with Crippen molar-refractivity contribution >= 4 is 18.4 Å². The molecule has 0 aliphatic rings. The highest BCUT2D eigenvalue weighted by molar-refractivity contribution is 7.85. The Kier molecular flexibility index (Phi) is 10.0. The van der Waals surface area contributed by atoms with Gasteiger partial charge in [-0.1, -0.05) is 33.6 Å². The molecular weight excluding hydrogens is 320 g/mol. The highest BCUT2D eigenvalue weighted by Crippen LogP contribution is 2.36. The first kappa shape index (κ1) is 22.0. The number of ether oxygens (including phenoxy) is 1. The van der Waals surface area contributed by atoms with Crippen LogP contribution in [0.2, 0.25) is 18.1 Å². The van der Waals surface area contributed by atoms with Crippen molar-refractivity contribution in [3.05, 3.63) is 0 Å². The van der Waals surface area contributed by atoms with Gasteiger partial charge in [-0.05, 0) is 31.0 Å². The van der Waals surface area contributed by atoms with Crippen molar-refractivity contribution < 1.29 is 21.8 Å². The molecular formula is C15H34O5SSi. The zero-order valence-electron chi connectivity index (χ0n) is 15.1. The molecule has 0 rings (SSSR count). The Labute approximate surface area is 138 Å². The maximum Gasteiger partial charge on any atom is 0.264 e. The van der Waals surface area contributed by atoms with Crippen molar-refractivity contribution in [3.63, 3.8) is 0 Å². The van der Waals surface area contributed by atoms with E-state index in [4.69, 9.17) is 9.16 Å². The lowest BCUT2D eigenvalue weighted by Crippen LogP contribution is -2.40. The van der Waals surface area contributed by atoms with Gasteiger partial charge in [0.05, 0.1) is 19.5 Å². The van der Waals surface area contributed by atoms with Gasteiger partial charge in [0.2, 0.25) is 0 Å². The summed E-state index contributed by atoms with van der Waals surface area (Å²) in [5, 5.41) is 0.273. The smallest absolute Gasteiger partial charge is 0.264 e. The monoisotopic (exact) mass is 354 g/mol. The lowest BCUT2D eigenvalue weighted by Gasteiger charge is -2.36. The third-order valence-corrected chi connectivity index (χ3v) is 9.11.